The second kappa shape index (κ2) is 5.09. The van der Waals surface area contributed by atoms with Crippen molar-refractivity contribution >= 4 is 21.7 Å². The van der Waals surface area contributed by atoms with Gasteiger partial charge in [0, 0.05) is 7.05 Å². The molecule has 0 bridgehead atoms. The molecule has 0 unspecified atom stereocenters. The van der Waals surface area contributed by atoms with Crippen molar-refractivity contribution in [3.8, 4) is 0 Å². The lowest BCUT2D eigenvalue weighted by Crippen LogP contribution is -2.32. The number of carbonyl (C=O) groups is 1. The summed E-state index contributed by atoms with van der Waals surface area (Å²) in [5.41, 5.74) is 0.491. The zero-order valence-electron chi connectivity index (χ0n) is 11.7. The molecule has 1 saturated carbocycles. The third kappa shape index (κ3) is 2.52. The molecule has 1 N–H and O–H groups in total. The molecule has 0 amide bonds. The second-order valence-electron chi connectivity index (χ2n) is 5.37. The van der Waals surface area contributed by atoms with E-state index in [2.05, 4.69) is 0 Å². The van der Waals surface area contributed by atoms with Crippen LogP contribution < -0.4 is 4.31 Å². The Morgan fingerprint density at radius 1 is 1.20 bits per heavy atom. The summed E-state index contributed by atoms with van der Waals surface area (Å²) in [6.45, 7) is 0. The highest BCUT2D eigenvalue weighted by molar-refractivity contribution is 7.92. The van der Waals surface area contributed by atoms with Gasteiger partial charge in [0.25, 0.3) is 0 Å². The summed E-state index contributed by atoms with van der Waals surface area (Å²) in [4.78, 5) is 11.6. The summed E-state index contributed by atoms with van der Waals surface area (Å²) >= 11 is 0. The Hall–Kier alpha value is -1.56. The molecule has 5 nitrogen and oxygen atoms in total. The maximum atomic E-state index is 11.6. The average molecular weight is 297 g/mol. The third-order valence-corrected chi connectivity index (χ3v) is 5.35. The van der Waals surface area contributed by atoms with Crippen molar-refractivity contribution in [1.82, 2.24) is 0 Å². The van der Waals surface area contributed by atoms with E-state index in [1.54, 1.807) is 24.3 Å². The van der Waals surface area contributed by atoms with Gasteiger partial charge in [-0.25, -0.2) is 8.42 Å². The minimum Gasteiger partial charge on any atom is -0.481 e. The maximum Gasteiger partial charge on any atom is 0.314 e. The van der Waals surface area contributed by atoms with Gasteiger partial charge in [0.1, 0.15) is 0 Å². The van der Waals surface area contributed by atoms with Crippen molar-refractivity contribution in [2.75, 3.05) is 17.6 Å². The number of nitrogens with zero attached hydrogens (tertiary/aromatic N) is 1. The fourth-order valence-electron chi connectivity index (χ4n) is 2.79. The molecular weight excluding hydrogens is 278 g/mol. The molecule has 0 saturated heterocycles. The molecular formula is C14H19NO4S. The van der Waals surface area contributed by atoms with Crippen LogP contribution in [-0.2, 0) is 20.2 Å². The van der Waals surface area contributed by atoms with E-state index in [4.69, 9.17) is 0 Å². The van der Waals surface area contributed by atoms with Gasteiger partial charge in [-0.3, -0.25) is 9.10 Å². The highest BCUT2D eigenvalue weighted by atomic mass is 32.2. The molecule has 0 aromatic heterocycles. The quantitative estimate of drug-likeness (QED) is 0.922. The molecule has 2 rings (SSSR count). The van der Waals surface area contributed by atoms with Crippen LogP contribution in [0.4, 0.5) is 5.69 Å². The van der Waals surface area contributed by atoms with Gasteiger partial charge in [-0.15, -0.1) is 0 Å². The fraction of sp³-hybridized carbons (Fsp3) is 0.500. The first-order valence-electron chi connectivity index (χ1n) is 6.55. The third-order valence-electron chi connectivity index (χ3n) is 4.15. The van der Waals surface area contributed by atoms with E-state index in [0.717, 1.165) is 24.7 Å². The van der Waals surface area contributed by atoms with Gasteiger partial charge in [-0.05, 0) is 30.5 Å². The van der Waals surface area contributed by atoms with Gasteiger partial charge in [0.05, 0.1) is 17.4 Å². The largest absolute Gasteiger partial charge is 0.481 e. The van der Waals surface area contributed by atoms with Crippen molar-refractivity contribution in [2.24, 2.45) is 0 Å². The van der Waals surface area contributed by atoms with Crippen LogP contribution in [0.1, 0.15) is 31.2 Å². The number of benzene rings is 1. The summed E-state index contributed by atoms with van der Waals surface area (Å²) in [5.74, 6) is -0.792. The first-order valence-corrected chi connectivity index (χ1v) is 8.40. The van der Waals surface area contributed by atoms with Crippen LogP contribution in [0.2, 0.25) is 0 Å². The van der Waals surface area contributed by atoms with Crippen molar-refractivity contribution < 1.29 is 18.3 Å². The monoisotopic (exact) mass is 297 g/mol. The van der Waals surface area contributed by atoms with Crippen molar-refractivity contribution in [1.29, 1.82) is 0 Å². The van der Waals surface area contributed by atoms with Crippen LogP contribution in [0.25, 0.3) is 0 Å². The zero-order chi connectivity index (χ0) is 15.0. The number of anilines is 1. The Balaban J connectivity index is 2.35. The zero-order valence-corrected chi connectivity index (χ0v) is 12.5. The van der Waals surface area contributed by atoms with Gasteiger partial charge in [0.15, 0.2) is 0 Å². The summed E-state index contributed by atoms with van der Waals surface area (Å²) in [5, 5.41) is 9.52. The molecule has 0 atom stereocenters. The lowest BCUT2D eigenvalue weighted by Gasteiger charge is -2.25. The van der Waals surface area contributed by atoms with Gasteiger partial charge >= 0.3 is 5.97 Å². The van der Waals surface area contributed by atoms with E-state index in [-0.39, 0.29) is 0 Å². The van der Waals surface area contributed by atoms with Crippen LogP contribution in [0, 0.1) is 0 Å². The minimum atomic E-state index is -3.30. The summed E-state index contributed by atoms with van der Waals surface area (Å²) < 4.78 is 24.1. The number of aliphatic carboxylic acids is 1. The summed E-state index contributed by atoms with van der Waals surface area (Å²) in [6, 6.07) is 6.80. The minimum absolute atomic E-state index is 0.537. The van der Waals surface area contributed by atoms with Crippen LogP contribution in [0.3, 0.4) is 0 Å². The topological polar surface area (TPSA) is 74.7 Å². The Kier molecular flexibility index (Phi) is 3.77. The molecule has 6 heteroatoms. The van der Waals surface area contributed by atoms with Gasteiger partial charge < -0.3 is 5.11 Å². The van der Waals surface area contributed by atoms with Gasteiger partial charge in [-0.2, -0.15) is 0 Å². The number of hydrogen-bond acceptors (Lipinski definition) is 3. The Bertz CT molecular complexity index is 601. The second-order valence-corrected chi connectivity index (χ2v) is 7.39. The Morgan fingerprint density at radius 2 is 1.70 bits per heavy atom. The molecule has 1 aliphatic carbocycles. The standard InChI is InChI=1S/C14H19NO4S/c1-15(20(2,18)19)12-7-5-11(6-8-12)14(13(16)17)9-3-4-10-14/h5-8H,3-4,9-10H2,1-2H3,(H,16,17). The Labute approximate surface area is 119 Å². The van der Waals surface area contributed by atoms with E-state index < -0.39 is 21.4 Å². The average Bonchev–Trinajstić information content (AvgIpc) is 2.87. The first kappa shape index (κ1) is 14.8. The van der Waals surface area contributed by atoms with Crippen molar-refractivity contribution in [3.63, 3.8) is 0 Å². The SMILES string of the molecule is CN(c1ccc(C2(C(=O)O)CCCC2)cc1)S(C)(=O)=O. The number of carboxylic acid groups (broad SMARTS) is 1. The van der Waals surface area contributed by atoms with Crippen LogP contribution in [-0.4, -0.2) is 32.8 Å². The normalized spacial score (nSPS) is 17.9. The van der Waals surface area contributed by atoms with Gasteiger partial charge in [-0.1, -0.05) is 25.0 Å². The molecule has 0 heterocycles. The molecule has 0 radical (unpaired) electrons. The summed E-state index contributed by atoms with van der Waals surface area (Å²) in [6.07, 6.45) is 4.25. The Morgan fingerprint density at radius 3 is 2.10 bits per heavy atom. The lowest BCUT2D eigenvalue weighted by molar-refractivity contribution is -0.143. The number of hydrogen-bond donors (Lipinski definition) is 1. The molecule has 1 aliphatic rings. The van der Waals surface area contributed by atoms with E-state index in [0.29, 0.717) is 18.5 Å². The molecule has 20 heavy (non-hydrogen) atoms. The van der Waals surface area contributed by atoms with Gasteiger partial charge in [0.2, 0.25) is 10.0 Å². The molecule has 1 aromatic rings. The highest BCUT2D eigenvalue weighted by Gasteiger charge is 2.42. The number of rotatable bonds is 4. The lowest BCUT2D eigenvalue weighted by atomic mass is 9.79. The number of sulfonamides is 1. The molecule has 0 spiro atoms. The highest BCUT2D eigenvalue weighted by Crippen LogP contribution is 2.41. The predicted octanol–water partition coefficient (Wildman–Crippen LogP) is 1.98. The van der Waals surface area contributed by atoms with Crippen molar-refractivity contribution in [3.05, 3.63) is 29.8 Å². The van der Waals surface area contributed by atoms with E-state index >= 15 is 0 Å². The van der Waals surface area contributed by atoms with Crippen LogP contribution in [0.5, 0.6) is 0 Å². The first-order chi connectivity index (χ1) is 9.27. The molecule has 0 aliphatic heterocycles. The molecule has 1 aromatic carbocycles. The van der Waals surface area contributed by atoms with E-state index in [9.17, 15) is 18.3 Å². The predicted molar refractivity (Wildman–Crippen MR) is 77.5 cm³/mol. The summed E-state index contributed by atoms with van der Waals surface area (Å²) in [7, 11) is -1.82. The smallest absolute Gasteiger partial charge is 0.314 e. The van der Waals surface area contributed by atoms with Crippen molar-refractivity contribution in [2.45, 2.75) is 31.1 Å². The number of carboxylic acids is 1. The fourth-order valence-corrected chi connectivity index (χ4v) is 3.29. The van der Waals surface area contributed by atoms with E-state index in [1.807, 2.05) is 0 Å². The molecule has 1 fully saturated rings. The van der Waals surface area contributed by atoms with Crippen LogP contribution >= 0.6 is 0 Å². The molecule has 110 valence electrons. The maximum absolute atomic E-state index is 11.6. The van der Waals surface area contributed by atoms with Crippen LogP contribution in [0.15, 0.2) is 24.3 Å². The van der Waals surface area contributed by atoms with E-state index in [1.165, 1.54) is 11.4 Å².